The third kappa shape index (κ3) is 2.44. The molecule has 0 aliphatic carbocycles. The molecule has 2 rings (SSSR count). The molecule has 1 aromatic heterocycles. The van der Waals surface area contributed by atoms with Crippen molar-refractivity contribution in [3.63, 3.8) is 0 Å². The summed E-state index contributed by atoms with van der Waals surface area (Å²) in [5.74, 6) is 1.04. The van der Waals surface area contributed by atoms with Crippen molar-refractivity contribution < 1.29 is 4.79 Å². The molecule has 102 valence electrons. The Morgan fingerprint density at radius 3 is 2.47 bits per heavy atom. The molecule has 0 radical (unpaired) electrons. The van der Waals surface area contributed by atoms with Crippen LogP contribution in [0.25, 0.3) is 10.9 Å². The number of fused-ring (bicyclic) bond motifs is 1. The summed E-state index contributed by atoms with van der Waals surface area (Å²) in [5, 5.41) is 1.29. The molecule has 1 unspecified atom stereocenters. The lowest BCUT2D eigenvalue weighted by Gasteiger charge is -2.20. The van der Waals surface area contributed by atoms with Gasteiger partial charge in [0, 0.05) is 30.1 Å². The fourth-order valence-corrected chi connectivity index (χ4v) is 3.00. The van der Waals surface area contributed by atoms with Crippen LogP contribution in [0.2, 0.25) is 0 Å². The highest BCUT2D eigenvalue weighted by Crippen LogP contribution is 2.37. The highest BCUT2D eigenvalue weighted by molar-refractivity contribution is 5.87. The van der Waals surface area contributed by atoms with Crippen molar-refractivity contribution in [3.05, 3.63) is 35.5 Å². The zero-order chi connectivity index (χ0) is 14.2. The molecule has 2 nitrogen and oxygen atoms in total. The number of para-hydroxylation sites is 1. The van der Waals surface area contributed by atoms with E-state index in [1.165, 1.54) is 22.2 Å². The first kappa shape index (κ1) is 13.9. The van der Waals surface area contributed by atoms with Gasteiger partial charge in [0.05, 0.1) is 0 Å². The Kier molecular flexibility index (Phi) is 3.79. The lowest BCUT2D eigenvalue weighted by Crippen LogP contribution is -2.12. The zero-order valence-electron chi connectivity index (χ0n) is 12.5. The Balaban J connectivity index is 2.65. The summed E-state index contributed by atoms with van der Waals surface area (Å²) in [4.78, 5) is 11.6. The van der Waals surface area contributed by atoms with Gasteiger partial charge in [0.15, 0.2) is 0 Å². The third-order valence-electron chi connectivity index (χ3n) is 4.13. The van der Waals surface area contributed by atoms with Crippen molar-refractivity contribution in [1.82, 2.24) is 4.57 Å². The maximum absolute atomic E-state index is 11.6. The van der Waals surface area contributed by atoms with E-state index in [0.29, 0.717) is 18.3 Å². The van der Waals surface area contributed by atoms with Crippen LogP contribution in [0, 0.1) is 12.8 Å². The number of ketones is 1. The number of nitrogens with zero attached hydrogens (tertiary/aromatic N) is 1. The molecule has 0 spiro atoms. The molecule has 0 N–H and O–H groups in total. The SMILES string of the molecule is CC(=O)CC(c1c(C)n(C)c2ccccc12)C(C)C. The quantitative estimate of drug-likeness (QED) is 0.804. The lowest BCUT2D eigenvalue weighted by molar-refractivity contribution is -0.117. The minimum absolute atomic E-state index is 0.269. The monoisotopic (exact) mass is 257 g/mol. The summed E-state index contributed by atoms with van der Waals surface area (Å²) in [7, 11) is 2.10. The van der Waals surface area contributed by atoms with E-state index in [1.54, 1.807) is 6.92 Å². The van der Waals surface area contributed by atoms with Gasteiger partial charge in [-0.05, 0) is 37.3 Å². The van der Waals surface area contributed by atoms with Gasteiger partial charge < -0.3 is 9.36 Å². The molecule has 0 amide bonds. The molecule has 1 aromatic carbocycles. The summed E-state index contributed by atoms with van der Waals surface area (Å²) < 4.78 is 2.24. The van der Waals surface area contributed by atoms with Gasteiger partial charge in [0.2, 0.25) is 0 Å². The van der Waals surface area contributed by atoms with E-state index in [4.69, 9.17) is 0 Å². The van der Waals surface area contributed by atoms with Gasteiger partial charge >= 0.3 is 0 Å². The lowest BCUT2D eigenvalue weighted by atomic mass is 9.83. The zero-order valence-corrected chi connectivity index (χ0v) is 12.5. The Morgan fingerprint density at radius 2 is 1.89 bits per heavy atom. The van der Waals surface area contributed by atoms with E-state index < -0.39 is 0 Å². The highest BCUT2D eigenvalue weighted by Gasteiger charge is 2.24. The molecule has 0 fully saturated rings. The standard InChI is InChI=1S/C17H23NO/c1-11(2)15(10-12(3)19)17-13(4)18(5)16-9-7-6-8-14(16)17/h6-9,11,15H,10H2,1-5H3. The van der Waals surface area contributed by atoms with Gasteiger partial charge in [-0.3, -0.25) is 0 Å². The van der Waals surface area contributed by atoms with E-state index in [2.05, 4.69) is 56.7 Å². The molecular formula is C17H23NO. The number of Topliss-reactive ketones (excluding diaryl/α,β-unsaturated/α-hetero) is 1. The molecule has 1 heterocycles. The van der Waals surface area contributed by atoms with E-state index in [1.807, 2.05) is 0 Å². The van der Waals surface area contributed by atoms with E-state index >= 15 is 0 Å². The Bertz CT molecular complexity index is 607. The number of carbonyl (C=O) groups excluding carboxylic acids is 1. The molecule has 0 aliphatic heterocycles. The Morgan fingerprint density at radius 1 is 1.26 bits per heavy atom. The Labute approximate surface area is 115 Å². The highest BCUT2D eigenvalue weighted by atomic mass is 16.1. The number of carbonyl (C=O) groups is 1. The first-order valence-electron chi connectivity index (χ1n) is 6.96. The van der Waals surface area contributed by atoms with E-state index in [9.17, 15) is 4.79 Å². The van der Waals surface area contributed by atoms with Crippen LogP contribution in [0.3, 0.4) is 0 Å². The minimum atomic E-state index is 0.269. The van der Waals surface area contributed by atoms with Crippen LogP contribution in [0.4, 0.5) is 0 Å². The van der Waals surface area contributed by atoms with Crippen molar-refractivity contribution in [2.45, 2.75) is 40.0 Å². The average molecular weight is 257 g/mol. The predicted octanol–water partition coefficient (Wildman–Crippen LogP) is 4.21. The second kappa shape index (κ2) is 5.20. The van der Waals surface area contributed by atoms with Crippen molar-refractivity contribution in [2.24, 2.45) is 13.0 Å². The number of benzene rings is 1. The summed E-state index contributed by atoms with van der Waals surface area (Å²) in [6.45, 7) is 8.25. The van der Waals surface area contributed by atoms with E-state index in [0.717, 1.165) is 0 Å². The van der Waals surface area contributed by atoms with Crippen LogP contribution >= 0.6 is 0 Å². The average Bonchev–Trinajstić information content (AvgIpc) is 2.60. The third-order valence-corrected chi connectivity index (χ3v) is 4.13. The van der Waals surface area contributed by atoms with Gasteiger partial charge in [0.25, 0.3) is 0 Å². The molecule has 19 heavy (non-hydrogen) atoms. The molecule has 0 saturated carbocycles. The van der Waals surface area contributed by atoms with Gasteiger partial charge in [-0.2, -0.15) is 0 Å². The predicted molar refractivity (Wildman–Crippen MR) is 80.5 cm³/mol. The van der Waals surface area contributed by atoms with Crippen molar-refractivity contribution >= 4 is 16.7 Å². The number of hydrogen-bond acceptors (Lipinski definition) is 1. The molecule has 0 saturated heterocycles. The number of hydrogen-bond donors (Lipinski definition) is 0. The fraction of sp³-hybridized carbons (Fsp3) is 0.471. The van der Waals surface area contributed by atoms with Crippen LogP contribution in [0.5, 0.6) is 0 Å². The Hall–Kier alpha value is -1.57. The van der Waals surface area contributed by atoms with E-state index in [-0.39, 0.29) is 5.78 Å². The maximum atomic E-state index is 11.6. The van der Waals surface area contributed by atoms with Gasteiger partial charge in [-0.15, -0.1) is 0 Å². The minimum Gasteiger partial charge on any atom is -0.348 e. The normalized spacial score (nSPS) is 13.2. The largest absolute Gasteiger partial charge is 0.348 e. The number of aromatic nitrogens is 1. The summed E-state index contributed by atoms with van der Waals surface area (Å²) in [6, 6.07) is 8.47. The number of aryl methyl sites for hydroxylation is 1. The van der Waals surface area contributed by atoms with Crippen molar-refractivity contribution in [1.29, 1.82) is 0 Å². The fourth-order valence-electron chi connectivity index (χ4n) is 3.00. The molecule has 0 bridgehead atoms. The molecule has 2 aromatic rings. The maximum Gasteiger partial charge on any atom is 0.130 e. The van der Waals surface area contributed by atoms with Crippen LogP contribution in [-0.2, 0) is 11.8 Å². The van der Waals surface area contributed by atoms with Gasteiger partial charge in [0.1, 0.15) is 5.78 Å². The first-order chi connectivity index (χ1) is 8.93. The smallest absolute Gasteiger partial charge is 0.130 e. The van der Waals surface area contributed by atoms with Crippen molar-refractivity contribution in [2.75, 3.05) is 0 Å². The first-order valence-corrected chi connectivity index (χ1v) is 6.96. The molecule has 0 aliphatic rings. The molecular weight excluding hydrogens is 234 g/mol. The van der Waals surface area contributed by atoms with Crippen LogP contribution in [0.15, 0.2) is 24.3 Å². The molecule has 1 atom stereocenters. The van der Waals surface area contributed by atoms with Crippen molar-refractivity contribution in [3.8, 4) is 0 Å². The number of rotatable bonds is 4. The molecule has 2 heteroatoms. The second-order valence-corrected chi connectivity index (χ2v) is 5.83. The van der Waals surface area contributed by atoms with Gasteiger partial charge in [-0.1, -0.05) is 32.0 Å². The van der Waals surface area contributed by atoms with Crippen LogP contribution < -0.4 is 0 Å². The second-order valence-electron chi connectivity index (χ2n) is 5.83. The van der Waals surface area contributed by atoms with Crippen LogP contribution in [-0.4, -0.2) is 10.4 Å². The van der Waals surface area contributed by atoms with Crippen LogP contribution in [0.1, 0.15) is 44.4 Å². The summed E-state index contributed by atoms with van der Waals surface area (Å²) in [6.07, 6.45) is 0.631. The summed E-state index contributed by atoms with van der Waals surface area (Å²) >= 11 is 0. The topological polar surface area (TPSA) is 22.0 Å². The van der Waals surface area contributed by atoms with Gasteiger partial charge in [-0.25, -0.2) is 0 Å². The summed E-state index contributed by atoms with van der Waals surface area (Å²) in [5.41, 5.74) is 3.88.